The SMILES string of the molecule is O=S1(=O)C=CC(n2c(=S)[nH]c3cc(C(F)(F)F)ccc32)C1. The van der Waals surface area contributed by atoms with E-state index in [4.69, 9.17) is 12.2 Å². The van der Waals surface area contributed by atoms with Gasteiger partial charge in [0.1, 0.15) is 0 Å². The first-order valence-electron chi connectivity index (χ1n) is 5.90. The number of nitrogens with one attached hydrogen (secondary N) is 1. The molecule has 0 spiro atoms. The van der Waals surface area contributed by atoms with Gasteiger partial charge in [-0.15, -0.1) is 0 Å². The third-order valence-electron chi connectivity index (χ3n) is 3.29. The fraction of sp³-hybridized carbons (Fsp3) is 0.250. The fourth-order valence-electron chi connectivity index (χ4n) is 2.36. The van der Waals surface area contributed by atoms with Gasteiger partial charge in [-0.05, 0) is 36.5 Å². The fourth-order valence-corrected chi connectivity index (χ4v) is 3.97. The van der Waals surface area contributed by atoms with Crippen LogP contribution in [0.15, 0.2) is 29.7 Å². The van der Waals surface area contributed by atoms with Gasteiger partial charge in [-0.25, -0.2) is 8.42 Å². The van der Waals surface area contributed by atoms with Crippen LogP contribution in [0.1, 0.15) is 11.6 Å². The molecular formula is C12H9F3N2O2S2. The molecule has 0 radical (unpaired) electrons. The molecule has 0 bridgehead atoms. The molecule has 1 unspecified atom stereocenters. The van der Waals surface area contributed by atoms with E-state index in [1.54, 1.807) is 0 Å². The lowest BCUT2D eigenvalue weighted by Crippen LogP contribution is -2.11. The van der Waals surface area contributed by atoms with E-state index >= 15 is 0 Å². The molecular weight excluding hydrogens is 325 g/mol. The van der Waals surface area contributed by atoms with E-state index in [2.05, 4.69) is 4.98 Å². The number of sulfone groups is 1. The minimum absolute atomic E-state index is 0.144. The summed E-state index contributed by atoms with van der Waals surface area (Å²) in [5, 5.41) is 1.10. The summed E-state index contributed by atoms with van der Waals surface area (Å²) in [5.41, 5.74) is -0.111. The van der Waals surface area contributed by atoms with E-state index in [9.17, 15) is 21.6 Å². The zero-order valence-corrected chi connectivity index (χ0v) is 12.0. The first-order chi connectivity index (χ1) is 9.67. The summed E-state index contributed by atoms with van der Waals surface area (Å²) in [6.45, 7) is 0. The summed E-state index contributed by atoms with van der Waals surface area (Å²) in [6, 6.07) is 2.71. The van der Waals surface area contributed by atoms with Crippen molar-refractivity contribution in [3.63, 3.8) is 0 Å². The molecule has 4 nitrogen and oxygen atoms in total. The monoisotopic (exact) mass is 334 g/mol. The Morgan fingerprint density at radius 3 is 2.62 bits per heavy atom. The lowest BCUT2D eigenvalue weighted by atomic mass is 10.2. The van der Waals surface area contributed by atoms with Crippen LogP contribution >= 0.6 is 12.2 Å². The smallest absolute Gasteiger partial charge is 0.331 e. The highest BCUT2D eigenvalue weighted by Gasteiger charge is 2.31. The van der Waals surface area contributed by atoms with Gasteiger partial charge in [0.2, 0.25) is 0 Å². The molecule has 3 rings (SSSR count). The summed E-state index contributed by atoms with van der Waals surface area (Å²) < 4.78 is 62.7. The van der Waals surface area contributed by atoms with Gasteiger partial charge in [-0.3, -0.25) is 0 Å². The molecule has 0 aliphatic carbocycles. The highest BCUT2D eigenvalue weighted by atomic mass is 32.2. The molecule has 1 atom stereocenters. The molecule has 1 N–H and O–H groups in total. The van der Waals surface area contributed by atoms with E-state index in [-0.39, 0.29) is 16.0 Å². The maximum atomic E-state index is 12.7. The number of imidazole rings is 1. The number of hydrogen-bond donors (Lipinski definition) is 1. The number of halogens is 3. The van der Waals surface area contributed by atoms with E-state index in [0.717, 1.165) is 17.5 Å². The second kappa shape index (κ2) is 4.44. The standard InChI is InChI=1S/C12H9F3N2O2S2/c13-12(14,15)7-1-2-10-9(5-7)16-11(20)17(10)8-3-4-21(18,19)6-8/h1-5,8H,6H2,(H,16,20). The molecule has 1 aliphatic rings. The molecule has 0 fully saturated rings. The van der Waals surface area contributed by atoms with Gasteiger partial charge in [-0.2, -0.15) is 13.2 Å². The van der Waals surface area contributed by atoms with Crippen molar-refractivity contribution >= 4 is 33.1 Å². The number of benzene rings is 1. The minimum atomic E-state index is -4.44. The van der Waals surface area contributed by atoms with Crippen molar-refractivity contribution in [2.45, 2.75) is 12.2 Å². The zero-order chi connectivity index (χ0) is 15.4. The van der Waals surface area contributed by atoms with Crippen LogP contribution in [0.3, 0.4) is 0 Å². The maximum absolute atomic E-state index is 12.7. The summed E-state index contributed by atoms with van der Waals surface area (Å²) in [5.74, 6) is -0.144. The zero-order valence-electron chi connectivity index (χ0n) is 10.4. The second-order valence-electron chi connectivity index (χ2n) is 4.76. The number of hydrogen-bond acceptors (Lipinski definition) is 3. The van der Waals surface area contributed by atoms with Crippen molar-refractivity contribution in [1.82, 2.24) is 9.55 Å². The van der Waals surface area contributed by atoms with Gasteiger partial charge in [0.25, 0.3) is 0 Å². The Labute approximate surface area is 122 Å². The van der Waals surface area contributed by atoms with Gasteiger partial charge in [0, 0.05) is 5.41 Å². The van der Waals surface area contributed by atoms with Crippen molar-refractivity contribution < 1.29 is 21.6 Å². The first-order valence-corrected chi connectivity index (χ1v) is 8.02. The van der Waals surface area contributed by atoms with Crippen LogP contribution in [0, 0.1) is 4.77 Å². The number of H-pyrrole nitrogens is 1. The molecule has 2 heterocycles. The summed E-state index contributed by atoms with van der Waals surface area (Å²) in [4.78, 5) is 2.69. The lowest BCUT2D eigenvalue weighted by molar-refractivity contribution is -0.137. The number of allylic oxidation sites excluding steroid dienone is 1. The van der Waals surface area contributed by atoms with Crippen molar-refractivity contribution in [2.24, 2.45) is 0 Å². The van der Waals surface area contributed by atoms with E-state index in [0.29, 0.717) is 5.52 Å². The lowest BCUT2D eigenvalue weighted by Gasteiger charge is -2.11. The number of aromatic amines is 1. The normalized spacial score (nSPS) is 21.2. The first kappa shape index (κ1) is 14.3. The van der Waals surface area contributed by atoms with E-state index in [1.807, 2.05) is 0 Å². The molecule has 21 heavy (non-hydrogen) atoms. The Hall–Kier alpha value is -1.61. The molecule has 1 aliphatic heterocycles. The van der Waals surface area contributed by atoms with E-state index in [1.165, 1.54) is 16.7 Å². The summed E-state index contributed by atoms with van der Waals surface area (Å²) in [7, 11) is -3.28. The van der Waals surface area contributed by atoms with Gasteiger partial charge in [0.05, 0.1) is 28.4 Å². The number of fused-ring (bicyclic) bond motifs is 1. The van der Waals surface area contributed by atoms with Crippen LogP contribution in [-0.2, 0) is 16.0 Å². The minimum Gasteiger partial charge on any atom is -0.331 e. The third-order valence-corrected chi connectivity index (χ3v) is 4.96. The predicted octanol–water partition coefficient (Wildman–Crippen LogP) is 3.20. The van der Waals surface area contributed by atoms with Gasteiger partial charge in [-0.1, -0.05) is 0 Å². The van der Waals surface area contributed by atoms with Crippen molar-refractivity contribution in [2.75, 3.05) is 5.75 Å². The molecule has 0 saturated carbocycles. The van der Waals surface area contributed by atoms with Crippen molar-refractivity contribution in [3.8, 4) is 0 Å². The summed E-state index contributed by atoms with van der Waals surface area (Å²) in [6.07, 6.45) is -2.96. The number of alkyl halides is 3. The second-order valence-corrected chi connectivity index (χ2v) is 7.07. The van der Waals surface area contributed by atoms with Gasteiger partial charge >= 0.3 is 6.18 Å². The topological polar surface area (TPSA) is 54.9 Å². The Morgan fingerprint density at radius 2 is 2.05 bits per heavy atom. The highest BCUT2D eigenvalue weighted by molar-refractivity contribution is 7.94. The Bertz CT molecular complexity index is 907. The van der Waals surface area contributed by atoms with Crippen LogP contribution in [-0.4, -0.2) is 23.7 Å². The van der Waals surface area contributed by atoms with Gasteiger partial charge in [0.15, 0.2) is 14.6 Å². The van der Waals surface area contributed by atoms with Crippen LogP contribution in [0.4, 0.5) is 13.2 Å². The Balaban J connectivity index is 2.16. The Morgan fingerprint density at radius 1 is 1.33 bits per heavy atom. The molecule has 0 saturated heterocycles. The molecule has 1 aromatic carbocycles. The average molecular weight is 334 g/mol. The largest absolute Gasteiger partial charge is 0.416 e. The van der Waals surface area contributed by atoms with Crippen LogP contribution in [0.2, 0.25) is 0 Å². The number of nitrogens with zero attached hydrogens (tertiary/aromatic N) is 1. The maximum Gasteiger partial charge on any atom is 0.416 e. The molecule has 112 valence electrons. The van der Waals surface area contributed by atoms with Gasteiger partial charge < -0.3 is 9.55 Å². The van der Waals surface area contributed by atoms with Crippen molar-refractivity contribution in [3.05, 3.63) is 40.0 Å². The molecule has 2 aromatic rings. The predicted molar refractivity (Wildman–Crippen MR) is 74.1 cm³/mol. The third kappa shape index (κ3) is 2.51. The van der Waals surface area contributed by atoms with Crippen molar-refractivity contribution in [1.29, 1.82) is 0 Å². The quantitative estimate of drug-likeness (QED) is 0.815. The van der Waals surface area contributed by atoms with Crippen LogP contribution < -0.4 is 0 Å². The molecule has 0 amide bonds. The molecule has 1 aromatic heterocycles. The molecule has 9 heteroatoms. The van der Waals surface area contributed by atoms with Crippen LogP contribution in [0.5, 0.6) is 0 Å². The average Bonchev–Trinajstić information content (AvgIpc) is 2.85. The number of aromatic nitrogens is 2. The highest BCUT2D eigenvalue weighted by Crippen LogP contribution is 2.32. The summed E-state index contributed by atoms with van der Waals surface area (Å²) >= 11 is 5.10. The Kier molecular flexibility index (Phi) is 3.03. The van der Waals surface area contributed by atoms with E-state index < -0.39 is 27.6 Å². The number of rotatable bonds is 1. The van der Waals surface area contributed by atoms with Crippen LogP contribution in [0.25, 0.3) is 11.0 Å².